The van der Waals surface area contributed by atoms with E-state index in [2.05, 4.69) is 5.10 Å². The second-order valence-corrected chi connectivity index (χ2v) is 4.15. The molecular weight excluding hydrogens is 270 g/mol. The maximum absolute atomic E-state index is 11.6. The van der Waals surface area contributed by atoms with Crippen molar-refractivity contribution in [3.8, 4) is 12.3 Å². The van der Waals surface area contributed by atoms with Gasteiger partial charge in [-0.15, -0.1) is 6.42 Å². The molecule has 1 aromatic heterocycles. The molecule has 1 aliphatic heterocycles. The third kappa shape index (κ3) is 1.87. The minimum Gasteiger partial charge on any atom is -0.505 e. The zero-order valence-electron chi connectivity index (χ0n) is 10.3. The topological polar surface area (TPSA) is 138 Å². The van der Waals surface area contributed by atoms with Gasteiger partial charge in [-0.05, 0) is 6.92 Å². The number of aliphatic hydroxyl groups excluding tert-OH is 2. The van der Waals surface area contributed by atoms with Crippen molar-refractivity contribution >= 4 is 0 Å². The van der Waals surface area contributed by atoms with Gasteiger partial charge in [0.15, 0.2) is 11.5 Å². The number of hydrogen-bond donors (Lipinski definition) is 4. The van der Waals surface area contributed by atoms with Crippen molar-refractivity contribution in [2.45, 2.75) is 24.9 Å². The first-order valence-electron chi connectivity index (χ1n) is 5.48. The maximum Gasteiger partial charge on any atom is 0.348 e. The van der Waals surface area contributed by atoms with Crippen molar-refractivity contribution in [1.29, 1.82) is 0 Å². The van der Waals surface area contributed by atoms with Crippen molar-refractivity contribution in [3.05, 3.63) is 38.6 Å². The van der Waals surface area contributed by atoms with Crippen LogP contribution in [0.1, 0.15) is 13.2 Å². The molecule has 0 saturated heterocycles. The fourth-order valence-corrected chi connectivity index (χ4v) is 1.76. The minimum absolute atomic E-state index is 0.379. The van der Waals surface area contributed by atoms with Crippen LogP contribution in [0.3, 0.4) is 0 Å². The van der Waals surface area contributed by atoms with E-state index in [1.165, 1.54) is 6.92 Å². The number of aliphatic hydroxyl groups is 3. The van der Waals surface area contributed by atoms with Crippen LogP contribution in [0.15, 0.2) is 27.3 Å². The smallest absolute Gasteiger partial charge is 0.348 e. The lowest BCUT2D eigenvalue weighted by atomic mass is 10.0. The van der Waals surface area contributed by atoms with Gasteiger partial charge in [0.2, 0.25) is 11.8 Å². The molecule has 1 unspecified atom stereocenters. The molecule has 4 N–H and O–H groups in total. The predicted octanol–water partition coefficient (Wildman–Crippen LogP) is -2.02. The van der Waals surface area contributed by atoms with E-state index in [4.69, 9.17) is 11.2 Å². The lowest BCUT2D eigenvalue weighted by molar-refractivity contribution is -0.0671. The average Bonchev–Trinajstić information content (AvgIpc) is 2.64. The number of aromatic amines is 1. The third-order valence-electron chi connectivity index (χ3n) is 2.75. The molecule has 106 valence electrons. The fraction of sp³-hybridized carbons (Fsp3) is 0.364. The molecule has 20 heavy (non-hydrogen) atoms. The number of ether oxygens (including phenoxy) is 1. The van der Waals surface area contributed by atoms with E-state index < -0.39 is 34.9 Å². The normalized spacial score (nSPS) is 27.0. The van der Waals surface area contributed by atoms with Gasteiger partial charge in [0, 0.05) is 0 Å². The molecular formula is C11H11N3O6. The highest BCUT2D eigenvalue weighted by molar-refractivity contribution is 5.33. The average molecular weight is 281 g/mol. The first-order chi connectivity index (χ1) is 9.31. The molecule has 0 aromatic carbocycles. The van der Waals surface area contributed by atoms with Gasteiger partial charge in [-0.25, -0.2) is 4.79 Å². The summed E-state index contributed by atoms with van der Waals surface area (Å²) in [5.74, 6) is 0.714. The Kier molecular flexibility index (Phi) is 3.13. The summed E-state index contributed by atoms with van der Waals surface area (Å²) in [5.41, 5.74) is -4.13. The molecule has 1 aliphatic rings. The van der Waals surface area contributed by atoms with Crippen LogP contribution in [-0.4, -0.2) is 41.8 Å². The fourth-order valence-electron chi connectivity index (χ4n) is 1.76. The summed E-state index contributed by atoms with van der Waals surface area (Å²) in [5, 5.41) is 33.0. The van der Waals surface area contributed by atoms with E-state index in [1.807, 2.05) is 10.9 Å². The van der Waals surface area contributed by atoms with Gasteiger partial charge < -0.3 is 20.1 Å². The molecule has 0 saturated carbocycles. The van der Waals surface area contributed by atoms with Crippen LogP contribution in [0.2, 0.25) is 0 Å². The van der Waals surface area contributed by atoms with Crippen LogP contribution in [0.4, 0.5) is 0 Å². The molecule has 1 aromatic rings. The summed E-state index contributed by atoms with van der Waals surface area (Å²) < 4.78 is 5.68. The second kappa shape index (κ2) is 4.52. The van der Waals surface area contributed by atoms with E-state index >= 15 is 0 Å². The number of nitrogens with zero attached hydrogens (tertiary/aromatic N) is 2. The number of aromatic nitrogens is 3. The summed E-state index contributed by atoms with van der Waals surface area (Å²) in [7, 11) is 0. The molecule has 0 aliphatic carbocycles. The molecule has 0 amide bonds. The van der Waals surface area contributed by atoms with Crippen molar-refractivity contribution in [1.82, 2.24) is 14.8 Å². The first-order valence-corrected chi connectivity index (χ1v) is 5.48. The van der Waals surface area contributed by atoms with E-state index in [-0.39, 0.29) is 5.76 Å². The summed E-state index contributed by atoms with van der Waals surface area (Å²) in [6, 6.07) is 0. The Morgan fingerprint density at radius 1 is 1.65 bits per heavy atom. The number of hydrogen-bond acceptors (Lipinski definition) is 7. The lowest BCUT2D eigenvalue weighted by Crippen LogP contribution is -2.44. The lowest BCUT2D eigenvalue weighted by Gasteiger charge is -2.23. The molecule has 0 bridgehead atoms. The van der Waals surface area contributed by atoms with Gasteiger partial charge in [0.1, 0.15) is 12.3 Å². The molecule has 9 heteroatoms. The third-order valence-corrected chi connectivity index (χ3v) is 2.75. The second-order valence-electron chi connectivity index (χ2n) is 4.15. The van der Waals surface area contributed by atoms with Gasteiger partial charge in [-0.2, -0.15) is 9.78 Å². The Labute approximate surface area is 111 Å². The van der Waals surface area contributed by atoms with Crippen LogP contribution in [0, 0.1) is 12.3 Å². The van der Waals surface area contributed by atoms with Crippen LogP contribution >= 0.6 is 0 Å². The summed E-state index contributed by atoms with van der Waals surface area (Å²) >= 11 is 0. The summed E-state index contributed by atoms with van der Waals surface area (Å²) in [6.07, 6.45) is 3.06. The highest BCUT2D eigenvalue weighted by Crippen LogP contribution is 2.39. The van der Waals surface area contributed by atoms with Crippen molar-refractivity contribution in [2.75, 3.05) is 0 Å². The zero-order chi connectivity index (χ0) is 15.1. The molecule has 9 nitrogen and oxygen atoms in total. The van der Waals surface area contributed by atoms with Gasteiger partial charge >= 0.3 is 5.69 Å². The number of rotatable bonds is 2. The van der Waals surface area contributed by atoms with E-state index in [9.17, 15) is 24.9 Å². The predicted molar refractivity (Wildman–Crippen MR) is 64.4 cm³/mol. The Hall–Kier alpha value is -2.57. The SMILES string of the molecule is C#CC1(O)C(O)=C([C@@H](C)O)O[C@H]1n1ncc(=O)[nH]c1=O. The van der Waals surface area contributed by atoms with Crippen molar-refractivity contribution in [2.24, 2.45) is 0 Å². The molecule has 2 heterocycles. The Morgan fingerprint density at radius 2 is 2.30 bits per heavy atom. The van der Waals surface area contributed by atoms with Crippen LogP contribution < -0.4 is 11.2 Å². The van der Waals surface area contributed by atoms with Crippen LogP contribution in [0.5, 0.6) is 0 Å². The molecule has 0 radical (unpaired) electrons. The van der Waals surface area contributed by atoms with Gasteiger partial charge in [-0.3, -0.25) is 9.78 Å². The van der Waals surface area contributed by atoms with Crippen LogP contribution in [-0.2, 0) is 4.74 Å². The van der Waals surface area contributed by atoms with Crippen molar-refractivity contribution in [3.63, 3.8) is 0 Å². The van der Waals surface area contributed by atoms with Gasteiger partial charge in [0.05, 0.1) is 0 Å². The standard InChI is InChI=1S/C11H11N3O6/c1-3-11(19)8(17)7(5(2)15)20-9(11)14-10(18)13-6(16)4-12-14/h1,4-5,9,15,17,19H,2H3,(H,13,16,18)/t5-,9-,11?/m1/s1. The minimum atomic E-state index is -2.39. The highest BCUT2D eigenvalue weighted by atomic mass is 16.6. The quantitative estimate of drug-likeness (QED) is 0.459. The Balaban J connectivity index is 2.58. The van der Waals surface area contributed by atoms with E-state index in [0.717, 1.165) is 6.20 Å². The largest absolute Gasteiger partial charge is 0.505 e. The molecule has 3 atom stereocenters. The van der Waals surface area contributed by atoms with E-state index in [0.29, 0.717) is 4.68 Å². The van der Waals surface area contributed by atoms with Gasteiger partial charge in [0.25, 0.3) is 5.56 Å². The highest BCUT2D eigenvalue weighted by Gasteiger charge is 2.52. The Bertz CT molecular complexity index is 725. The number of nitrogens with one attached hydrogen (secondary N) is 1. The van der Waals surface area contributed by atoms with Gasteiger partial charge in [-0.1, -0.05) is 5.92 Å². The zero-order valence-corrected chi connectivity index (χ0v) is 10.3. The molecule has 0 fully saturated rings. The first kappa shape index (κ1) is 13.9. The summed E-state index contributed by atoms with van der Waals surface area (Å²) in [6.45, 7) is 1.27. The Morgan fingerprint density at radius 3 is 2.80 bits per heavy atom. The monoisotopic (exact) mass is 281 g/mol. The number of terminal acetylenes is 1. The van der Waals surface area contributed by atoms with Crippen LogP contribution in [0.25, 0.3) is 0 Å². The summed E-state index contributed by atoms with van der Waals surface area (Å²) in [4.78, 5) is 24.5. The number of H-pyrrole nitrogens is 1. The molecule has 0 spiro atoms. The van der Waals surface area contributed by atoms with Crippen molar-refractivity contribution < 1.29 is 20.1 Å². The van der Waals surface area contributed by atoms with E-state index in [1.54, 1.807) is 0 Å². The maximum atomic E-state index is 11.6. The molecule has 2 rings (SSSR count).